The molecule has 10 heteroatoms. The molecule has 1 atom stereocenters. The quantitative estimate of drug-likeness (QED) is 0.298. The van der Waals surface area contributed by atoms with Crippen LogP contribution in [0.5, 0.6) is 0 Å². The van der Waals surface area contributed by atoms with Crippen LogP contribution in [0.3, 0.4) is 0 Å². The average Bonchev–Trinajstić information content (AvgIpc) is 2.51. The Morgan fingerprint density at radius 1 is 1.46 bits per heavy atom. The van der Waals surface area contributed by atoms with Crippen LogP contribution in [0.1, 0.15) is 5.69 Å². The van der Waals surface area contributed by atoms with Gasteiger partial charge in [0.1, 0.15) is 0 Å². The summed E-state index contributed by atoms with van der Waals surface area (Å²) in [6.45, 7) is 0. The van der Waals surface area contributed by atoms with Gasteiger partial charge in [-0.25, -0.2) is 8.42 Å². The molecule has 24 heavy (non-hydrogen) atoms. The van der Waals surface area contributed by atoms with E-state index in [9.17, 15) is 23.1 Å². The number of aromatic nitrogens is 1. The Kier molecular flexibility index (Phi) is 4.96. The van der Waals surface area contributed by atoms with E-state index in [1.54, 1.807) is 18.2 Å². The zero-order valence-corrected chi connectivity index (χ0v) is 15.3. The SMILES string of the molecule is N#CC1=C(C(=O)[O-])N2C(=O)/C(=C/c3ccccn3)[C@@H]2S(=O)(=O)C1.[Na+]. The Labute approximate surface area is 159 Å². The normalized spacial score (nSPS) is 23.0. The first-order valence-corrected chi connectivity index (χ1v) is 8.10. The number of nitrogens with zero attached hydrogens (tertiary/aromatic N) is 3. The fourth-order valence-electron chi connectivity index (χ4n) is 2.55. The maximum absolute atomic E-state index is 12.3. The average molecular weight is 353 g/mol. The van der Waals surface area contributed by atoms with Gasteiger partial charge in [0.2, 0.25) is 0 Å². The standard InChI is InChI=1S/C14H9N3O5S.Na/c15-6-8-7-23(21,22)13-10(5-9-3-1-2-4-16-9)12(18)17(13)11(8)14(19)20;/h1-5,13H,7H2,(H,19,20);/q;+1/p-1/b10-5-;/t13-;/m0./s1. The van der Waals surface area contributed by atoms with Crippen LogP contribution in [-0.4, -0.2) is 41.3 Å². The summed E-state index contributed by atoms with van der Waals surface area (Å²) in [6.07, 6.45) is 2.77. The second-order valence-electron chi connectivity index (χ2n) is 4.92. The third kappa shape index (κ3) is 2.78. The minimum Gasteiger partial charge on any atom is -0.543 e. The number of β-lactam (4-membered cyclic amide) rings is 1. The molecule has 1 fully saturated rings. The summed E-state index contributed by atoms with van der Waals surface area (Å²) in [5.41, 5.74) is -0.905. The maximum Gasteiger partial charge on any atom is 1.00 e. The smallest absolute Gasteiger partial charge is 0.543 e. The molecular weight excluding hydrogens is 345 g/mol. The molecule has 0 N–H and O–H groups in total. The van der Waals surface area contributed by atoms with Crippen molar-refractivity contribution in [3.05, 3.63) is 46.9 Å². The summed E-state index contributed by atoms with van der Waals surface area (Å²) in [5, 5.41) is 18.7. The van der Waals surface area contributed by atoms with Gasteiger partial charge in [-0.1, -0.05) is 6.07 Å². The van der Waals surface area contributed by atoms with Crippen LogP contribution in [0.2, 0.25) is 0 Å². The Bertz CT molecular complexity index is 931. The number of sulfone groups is 1. The molecule has 1 amide bonds. The maximum atomic E-state index is 12.3. The molecule has 0 aliphatic carbocycles. The van der Waals surface area contributed by atoms with Crippen molar-refractivity contribution in [1.29, 1.82) is 5.26 Å². The molecule has 116 valence electrons. The third-order valence-corrected chi connectivity index (χ3v) is 5.33. The van der Waals surface area contributed by atoms with Gasteiger partial charge in [0.25, 0.3) is 5.91 Å². The van der Waals surface area contributed by atoms with Crippen molar-refractivity contribution in [2.75, 3.05) is 5.75 Å². The van der Waals surface area contributed by atoms with Gasteiger partial charge >= 0.3 is 29.6 Å². The van der Waals surface area contributed by atoms with Gasteiger partial charge < -0.3 is 9.90 Å². The monoisotopic (exact) mass is 353 g/mol. The zero-order chi connectivity index (χ0) is 16.8. The van der Waals surface area contributed by atoms with Gasteiger partial charge in [-0.2, -0.15) is 5.26 Å². The van der Waals surface area contributed by atoms with Crippen LogP contribution in [0, 0.1) is 11.3 Å². The van der Waals surface area contributed by atoms with Gasteiger partial charge in [0.15, 0.2) is 15.2 Å². The molecule has 2 aliphatic rings. The summed E-state index contributed by atoms with van der Waals surface area (Å²) < 4.78 is 24.5. The molecule has 8 nitrogen and oxygen atoms in total. The molecule has 3 rings (SSSR count). The number of hydrogen-bond donors (Lipinski definition) is 0. The number of carboxylic acids is 1. The van der Waals surface area contributed by atoms with E-state index in [4.69, 9.17) is 5.26 Å². The molecule has 0 spiro atoms. The van der Waals surface area contributed by atoms with Crippen LogP contribution < -0.4 is 34.7 Å². The van der Waals surface area contributed by atoms with Crippen molar-refractivity contribution in [1.82, 2.24) is 9.88 Å². The van der Waals surface area contributed by atoms with E-state index in [-0.39, 0.29) is 35.1 Å². The van der Waals surface area contributed by atoms with Crippen LogP contribution in [0.15, 0.2) is 41.2 Å². The van der Waals surface area contributed by atoms with Crippen molar-refractivity contribution in [2.45, 2.75) is 5.37 Å². The Balaban J connectivity index is 0.00000208. The van der Waals surface area contributed by atoms with Gasteiger partial charge in [-0.3, -0.25) is 14.7 Å². The first-order valence-electron chi connectivity index (χ1n) is 6.39. The van der Waals surface area contributed by atoms with Gasteiger partial charge in [-0.05, 0) is 18.2 Å². The van der Waals surface area contributed by atoms with E-state index in [0.717, 1.165) is 0 Å². The number of hydrogen-bond acceptors (Lipinski definition) is 7. The van der Waals surface area contributed by atoms with Crippen molar-refractivity contribution in [3.63, 3.8) is 0 Å². The topological polar surface area (TPSA) is 131 Å². The molecule has 1 aromatic rings. The third-order valence-electron chi connectivity index (χ3n) is 3.50. The van der Waals surface area contributed by atoms with Crippen molar-refractivity contribution >= 4 is 27.8 Å². The largest absolute Gasteiger partial charge is 1.00 e. The number of rotatable bonds is 2. The predicted molar refractivity (Wildman–Crippen MR) is 74.3 cm³/mol. The minimum absolute atomic E-state index is 0. The van der Waals surface area contributed by atoms with E-state index < -0.39 is 44.1 Å². The van der Waals surface area contributed by atoms with E-state index in [1.807, 2.05) is 0 Å². The molecular formula is C14H8N3NaO5S. The number of carboxylic acid groups (broad SMARTS) is 1. The Morgan fingerprint density at radius 3 is 2.71 bits per heavy atom. The fourth-order valence-corrected chi connectivity index (χ4v) is 4.39. The molecule has 0 radical (unpaired) electrons. The number of fused-ring (bicyclic) bond motifs is 1. The second kappa shape index (κ2) is 6.49. The van der Waals surface area contributed by atoms with Crippen molar-refractivity contribution in [2.24, 2.45) is 0 Å². The predicted octanol–water partition coefficient (Wildman–Crippen LogP) is -4.41. The van der Waals surface area contributed by atoms with Crippen LogP contribution in [0.4, 0.5) is 0 Å². The molecule has 0 saturated carbocycles. The molecule has 1 saturated heterocycles. The number of carbonyl (C=O) groups is 2. The number of nitriles is 1. The van der Waals surface area contributed by atoms with E-state index in [2.05, 4.69) is 4.98 Å². The summed E-state index contributed by atoms with van der Waals surface area (Å²) in [6, 6.07) is 6.41. The second-order valence-corrected chi connectivity index (χ2v) is 6.98. The Morgan fingerprint density at radius 2 is 2.17 bits per heavy atom. The number of amides is 1. The van der Waals surface area contributed by atoms with Crippen molar-refractivity contribution in [3.8, 4) is 6.07 Å². The van der Waals surface area contributed by atoms with Crippen LogP contribution >= 0.6 is 0 Å². The minimum atomic E-state index is -3.92. The van der Waals surface area contributed by atoms with Gasteiger partial charge in [0.05, 0.1) is 40.3 Å². The zero-order valence-electron chi connectivity index (χ0n) is 12.5. The molecule has 3 heterocycles. The van der Waals surface area contributed by atoms with Crippen LogP contribution in [-0.2, 0) is 19.4 Å². The molecule has 0 aromatic carbocycles. The molecule has 0 unspecified atom stereocenters. The van der Waals surface area contributed by atoms with Crippen LogP contribution in [0.25, 0.3) is 6.08 Å². The van der Waals surface area contributed by atoms with E-state index in [1.165, 1.54) is 18.3 Å². The first kappa shape index (κ1) is 18.4. The number of aliphatic carboxylic acids is 1. The summed E-state index contributed by atoms with van der Waals surface area (Å²) in [7, 11) is -3.92. The summed E-state index contributed by atoms with van der Waals surface area (Å²) >= 11 is 0. The molecule has 1 aromatic heterocycles. The Hall–Kier alpha value is -1.99. The number of carbonyl (C=O) groups excluding carboxylic acids is 2. The van der Waals surface area contributed by atoms with Gasteiger partial charge in [-0.15, -0.1) is 0 Å². The summed E-state index contributed by atoms with van der Waals surface area (Å²) in [4.78, 5) is 27.9. The van der Waals surface area contributed by atoms with E-state index in [0.29, 0.717) is 10.6 Å². The first-order chi connectivity index (χ1) is 10.9. The fraction of sp³-hybridized carbons (Fsp3) is 0.143. The summed E-state index contributed by atoms with van der Waals surface area (Å²) in [5.74, 6) is -3.30. The molecule has 2 aliphatic heterocycles. The van der Waals surface area contributed by atoms with Crippen molar-refractivity contribution < 1.29 is 52.7 Å². The number of pyridine rings is 1. The van der Waals surface area contributed by atoms with E-state index >= 15 is 0 Å². The molecule has 0 bridgehead atoms. The van der Waals surface area contributed by atoms with Gasteiger partial charge in [0, 0.05) is 6.20 Å².